The first-order valence-electron chi connectivity index (χ1n) is 36.8. The molecule has 484 valence electrons. The van der Waals surface area contributed by atoms with Crippen LogP contribution < -0.4 is 0 Å². The number of allylic oxidation sites excluding steroid dienone is 10. The second-order valence-electron chi connectivity index (χ2n) is 24.8. The summed E-state index contributed by atoms with van der Waals surface area (Å²) in [5, 5.41) is 0. The Bertz CT molecular complexity index is 1470. The number of unbranched alkanes of at least 4 members (excludes halogenated alkanes) is 47. The molecule has 6 heteroatoms. The van der Waals surface area contributed by atoms with E-state index in [1.807, 2.05) is 0 Å². The molecule has 1 atom stereocenters. The van der Waals surface area contributed by atoms with Crippen LogP contribution in [0.15, 0.2) is 60.8 Å². The second-order valence-corrected chi connectivity index (χ2v) is 24.8. The van der Waals surface area contributed by atoms with Gasteiger partial charge in [-0.25, -0.2) is 0 Å². The Morgan fingerprint density at radius 1 is 0.253 bits per heavy atom. The van der Waals surface area contributed by atoms with Crippen molar-refractivity contribution < 1.29 is 28.6 Å². The van der Waals surface area contributed by atoms with Crippen LogP contribution in [0.4, 0.5) is 0 Å². The van der Waals surface area contributed by atoms with Gasteiger partial charge in [-0.2, -0.15) is 0 Å². The second kappa shape index (κ2) is 71.6. The SMILES string of the molecule is CC/C=C\C/C=C\C/C=C\C/C=C\CCCCCCCCCCCCC(=O)OC(COC(=O)CCCCCCCCC)COC(=O)CCCCCCCCCCCCCCCCCCCCCCCCC/C=C\CCCCCCCCCC. The number of ether oxygens (including phenoxy) is 3. The Kier molecular flexibility index (Phi) is 69.1. The van der Waals surface area contributed by atoms with Gasteiger partial charge < -0.3 is 14.2 Å². The molecule has 0 N–H and O–H groups in total. The van der Waals surface area contributed by atoms with Gasteiger partial charge in [0.1, 0.15) is 13.2 Å². The Morgan fingerprint density at radius 2 is 0.470 bits per heavy atom. The average Bonchev–Trinajstić information content (AvgIpc) is 3.50. The summed E-state index contributed by atoms with van der Waals surface area (Å²) in [6.07, 6.45) is 93.1. The molecule has 6 nitrogen and oxygen atoms in total. The van der Waals surface area contributed by atoms with E-state index >= 15 is 0 Å². The Morgan fingerprint density at radius 3 is 0.747 bits per heavy atom. The minimum absolute atomic E-state index is 0.0712. The zero-order valence-corrected chi connectivity index (χ0v) is 55.7. The molecule has 0 fully saturated rings. The molecular weight excluding hydrogens is 1020 g/mol. The molecule has 0 aromatic carbocycles. The monoisotopic (exact) mass is 1160 g/mol. The van der Waals surface area contributed by atoms with Crippen molar-refractivity contribution in [3.05, 3.63) is 60.8 Å². The topological polar surface area (TPSA) is 78.9 Å². The molecule has 0 heterocycles. The molecular formula is C77H140O6. The van der Waals surface area contributed by atoms with E-state index < -0.39 is 6.10 Å². The molecule has 0 radical (unpaired) electrons. The lowest BCUT2D eigenvalue weighted by atomic mass is 10.0. The van der Waals surface area contributed by atoms with Gasteiger partial charge in [-0.05, 0) is 83.5 Å². The molecule has 0 bridgehead atoms. The summed E-state index contributed by atoms with van der Waals surface area (Å²) in [6.45, 7) is 6.54. The fraction of sp³-hybridized carbons (Fsp3) is 0.831. The maximum Gasteiger partial charge on any atom is 0.306 e. The number of carbonyl (C=O) groups is 3. The highest BCUT2D eigenvalue weighted by atomic mass is 16.6. The first kappa shape index (κ1) is 80.1. The van der Waals surface area contributed by atoms with Gasteiger partial charge in [-0.1, -0.05) is 351 Å². The lowest BCUT2D eigenvalue weighted by Gasteiger charge is -2.18. The molecule has 0 aliphatic carbocycles. The molecule has 0 rings (SSSR count). The van der Waals surface area contributed by atoms with E-state index in [1.165, 1.54) is 270 Å². The predicted molar refractivity (Wildman–Crippen MR) is 362 cm³/mol. The van der Waals surface area contributed by atoms with Crippen molar-refractivity contribution in [1.82, 2.24) is 0 Å². The summed E-state index contributed by atoms with van der Waals surface area (Å²) in [5.41, 5.74) is 0. The van der Waals surface area contributed by atoms with Crippen LogP contribution in [-0.2, 0) is 28.6 Å². The standard InChI is InChI=1S/C77H140O6/c1-4-7-10-13-16-18-20-22-24-26-28-30-32-33-34-35-36-37-38-39-40-41-42-43-45-46-48-50-52-54-56-58-61-64-67-70-76(79)82-73-74(72-81-75(78)69-66-63-60-15-12-9-6-3)83-77(80)71-68-65-62-59-57-55-53-51-49-47-44-31-29-27-25-23-21-19-17-14-11-8-5-2/h8,11,17,19,23,25-26,28-29,31,74H,4-7,9-10,12-16,18,20-22,24,27,30,32-73H2,1-3H3/b11-8-,19-17-,25-23-,28-26-,31-29-. The van der Waals surface area contributed by atoms with E-state index in [0.29, 0.717) is 19.3 Å². The smallest absolute Gasteiger partial charge is 0.306 e. The summed E-state index contributed by atoms with van der Waals surface area (Å²) in [7, 11) is 0. The van der Waals surface area contributed by atoms with Crippen molar-refractivity contribution in [2.45, 2.75) is 399 Å². The van der Waals surface area contributed by atoms with Gasteiger partial charge in [-0.3, -0.25) is 14.4 Å². The van der Waals surface area contributed by atoms with Crippen LogP contribution >= 0.6 is 0 Å². The lowest BCUT2D eigenvalue weighted by molar-refractivity contribution is -0.167. The van der Waals surface area contributed by atoms with Crippen LogP contribution in [-0.4, -0.2) is 37.2 Å². The molecule has 0 aliphatic heterocycles. The van der Waals surface area contributed by atoms with Crippen LogP contribution in [0.5, 0.6) is 0 Å². The van der Waals surface area contributed by atoms with Gasteiger partial charge in [0.2, 0.25) is 0 Å². The van der Waals surface area contributed by atoms with Gasteiger partial charge in [0.25, 0.3) is 0 Å². The highest BCUT2D eigenvalue weighted by Crippen LogP contribution is 2.19. The molecule has 0 aromatic heterocycles. The Hall–Kier alpha value is -2.89. The van der Waals surface area contributed by atoms with Gasteiger partial charge in [0.05, 0.1) is 0 Å². The van der Waals surface area contributed by atoms with Crippen molar-refractivity contribution in [1.29, 1.82) is 0 Å². The van der Waals surface area contributed by atoms with Crippen LogP contribution in [0, 0.1) is 0 Å². The van der Waals surface area contributed by atoms with Crippen molar-refractivity contribution in [3.8, 4) is 0 Å². The van der Waals surface area contributed by atoms with Crippen molar-refractivity contribution in [2.75, 3.05) is 13.2 Å². The summed E-state index contributed by atoms with van der Waals surface area (Å²) in [4.78, 5) is 38.2. The average molecular weight is 1160 g/mol. The van der Waals surface area contributed by atoms with Crippen molar-refractivity contribution in [2.24, 2.45) is 0 Å². The third kappa shape index (κ3) is 69.8. The zero-order valence-electron chi connectivity index (χ0n) is 55.7. The van der Waals surface area contributed by atoms with E-state index in [4.69, 9.17) is 14.2 Å². The highest BCUT2D eigenvalue weighted by molar-refractivity contribution is 5.71. The van der Waals surface area contributed by atoms with E-state index in [0.717, 1.165) is 83.5 Å². The Labute approximate surface area is 517 Å². The van der Waals surface area contributed by atoms with Crippen LogP contribution in [0.2, 0.25) is 0 Å². The van der Waals surface area contributed by atoms with E-state index in [-0.39, 0.29) is 31.1 Å². The Balaban J connectivity index is 3.96. The van der Waals surface area contributed by atoms with Crippen LogP contribution in [0.1, 0.15) is 393 Å². The van der Waals surface area contributed by atoms with Crippen LogP contribution in [0.3, 0.4) is 0 Å². The summed E-state index contributed by atoms with van der Waals surface area (Å²) >= 11 is 0. The fourth-order valence-corrected chi connectivity index (χ4v) is 11.0. The minimum Gasteiger partial charge on any atom is -0.462 e. The predicted octanol–water partition coefficient (Wildman–Crippen LogP) is 25.5. The third-order valence-electron chi connectivity index (χ3n) is 16.5. The number of hydrogen-bond acceptors (Lipinski definition) is 6. The van der Waals surface area contributed by atoms with Gasteiger partial charge >= 0.3 is 17.9 Å². The number of carbonyl (C=O) groups excluding carboxylic acids is 3. The summed E-state index contributed by atoms with van der Waals surface area (Å²) in [5.74, 6) is -0.861. The molecule has 0 saturated heterocycles. The van der Waals surface area contributed by atoms with E-state index in [2.05, 4.69) is 81.5 Å². The van der Waals surface area contributed by atoms with E-state index in [1.54, 1.807) is 0 Å². The molecule has 0 aromatic rings. The first-order valence-corrected chi connectivity index (χ1v) is 36.8. The molecule has 83 heavy (non-hydrogen) atoms. The van der Waals surface area contributed by atoms with Gasteiger partial charge in [0, 0.05) is 19.3 Å². The fourth-order valence-electron chi connectivity index (χ4n) is 11.0. The number of esters is 3. The summed E-state index contributed by atoms with van der Waals surface area (Å²) < 4.78 is 16.9. The number of rotatable bonds is 68. The normalized spacial score (nSPS) is 12.4. The van der Waals surface area contributed by atoms with Crippen molar-refractivity contribution in [3.63, 3.8) is 0 Å². The van der Waals surface area contributed by atoms with E-state index in [9.17, 15) is 14.4 Å². The summed E-state index contributed by atoms with van der Waals surface area (Å²) in [6, 6.07) is 0. The third-order valence-corrected chi connectivity index (χ3v) is 16.5. The maximum absolute atomic E-state index is 12.9. The maximum atomic E-state index is 12.9. The highest BCUT2D eigenvalue weighted by Gasteiger charge is 2.19. The van der Waals surface area contributed by atoms with Crippen molar-refractivity contribution >= 4 is 17.9 Å². The lowest BCUT2D eigenvalue weighted by Crippen LogP contribution is -2.30. The molecule has 0 amide bonds. The molecule has 0 aliphatic rings. The molecule has 0 saturated carbocycles. The van der Waals surface area contributed by atoms with Gasteiger partial charge in [-0.15, -0.1) is 0 Å². The first-order chi connectivity index (χ1) is 41.0. The number of hydrogen-bond donors (Lipinski definition) is 0. The zero-order chi connectivity index (χ0) is 59.9. The minimum atomic E-state index is -0.773. The van der Waals surface area contributed by atoms with Gasteiger partial charge in [0.15, 0.2) is 6.10 Å². The largest absolute Gasteiger partial charge is 0.462 e. The van der Waals surface area contributed by atoms with Crippen LogP contribution in [0.25, 0.3) is 0 Å². The molecule has 0 spiro atoms. The quantitative estimate of drug-likeness (QED) is 0.0261. The molecule has 1 unspecified atom stereocenters.